The Hall–Kier alpha value is -2.19. The third-order valence-electron chi connectivity index (χ3n) is 5.00. The standard InChI is InChI=1S/C20H25FN2O4S/c21-18-10-4-5-11-19(18)28(25,26)23(14-17-9-6-12-27-17)15-20(24)22-13-16-7-2-1-3-8-16/h4-6,9-12,16H,1-3,7-8,13-15H2,(H,22,24). The predicted octanol–water partition coefficient (Wildman–Crippen LogP) is 3.31. The predicted molar refractivity (Wildman–Crippen MR) is 102 cm³/mol. The van der Waals surface area contributed by atoms with E-state index in [-0.39, 0.29) is 6.54 Å². The summed E-state index contributed by atoms with van der Waals surface area (Å²) in [5.41, 5.74) is 0. The van der Waals surface area contributed by atoms with E-state index >= 15 is 0 Å². The van der Waals surface area contributed by atoms with E-state index in [1.165, 1.54) is 30.9 Å². The molecule has 28 heavy (non-hydrogen) atoms. The van der Waals surface area contributed by atoms with Crippen molar-refractivity contribution in [1.29, 1.82) is 0 Å². The van der Waals surface area contributed by atoms with Crippen LogP contribution in [0.2, 0.25) is 0 Å². The van der Waals surface area contributed by atoms with Crippen LogP contribution in [0, 0.1) is 11.7 Å². The maximum atomic E-state index is 14.1. The van der Waals surface area contributed by atoms with Crippen molar-refractivity contribution in [2.45, 2.75) is 43.5 Å². The number of amides is 1. The fraction of sp³-hybridized carbons (Fsp3) is 0.450. The molecule has 1 aliphatic rings. The molecule has 6 nitrogen and oxygen atoms in total. The first-order chi connectivity index (χ1) is 13.5. The highest BCUT2D eigenvalue weighted by atomic mass is 32.2. The van der Waals surface area contributed by atoms with Crippen LogP contribution in [0.25, 0.3) is 0 Å². The van der Waals surface area contributed by atoms with E-state index in [1.54, 1.807) is 12.1 Å². The van der Waals surface area contributed by atoms with Crippen LogP contribution in [0.1, 0.15) is 37.9 Å². The molecule has 0 saturated heterocycles. The van der Waals surface area contributed by atoms with Gasteiger partial charge in [-0.15, -0.1) is 0 Å². The minimum Gasteiger partial charge on any atom is -0.468 e. The Balaban J connectivity index is 1.73. The zero-order valence-electron chi connectivity index (χ0n) is 15.6. The summed E-state index contributed by atoms with van der Waals surface area (Å²) in [5.74, 6) is -0.453. The van der Waals surface area contributed by atoms with Gasteiger partial charge in [-0.25, -0.2) is 12.8 Å². The van der Waals surface area contributed by atoms with Gasteiger partial charge in [0.1, 0.15) is 16.5 Å². The summed E-state index contributed by atoms with van der Waals surface area (Å²) in [4.78, 5) is 12.0. The smallest absolute Gasteiger partial charge is 0.246 e. The zero-order chi connectivity index (χ0) is 20.0. The Morgan fingerprint density at radius 2 is 1.89 bits per heavy atom. The van der Waals surface area contributed by atoms with E-state index in [2.05, 4.69) is 5.32 Å². The van der Waals surface area contributed by atoms with E-state index < -0.39 is 33.2 Å². The van der Waals surface area contributed by atoms with Crippen LogP contribution in [-0.2, 0) is 21.4 Å². The number of rotatable bonds is 8. The molecule has 3 rings (SSSR count). The second-order valence-electron chi connectivity index (χ2n) is 7.09. The van der Waals surface area contributed by atoms with Gasteiger partial charge >= 0.3 is 0 Å². The molecule has 1 heterocycles. The monoisotopic (exact) mass is 408 g/mol. The molecule has 1 N–H and O–H groups in total. The normalized spacial score (nSPS) is 15.6. The van der Waals surface area contributed by atoms with Crippen LogP contribution in [0.15, 0.2) is 52.0 Å². The van der Waals surface area contributed by atoms with Gasteiger partial charge in [-0.2, -0.15) is 4.31 Å². The maximum absolute atomic E-state index is 14.1. The highest BCUT2D eigenvalue weighted by molar-refractivity contribution is 7.89. The second-order valence-corrected chi connectivity index (χ2v) is 9.00. The molecule has 1 aliphatic carbocycles. The summed E-state index contributed by atoms with van der Waals surface area (Å²) in [6.07, 6.45) is 7.11. The highest BCUT2D eigenvalue weighted by Gasteiger charge is 2.30. The van der Waals surface area contributed by atoms with Crippen molar-refractivity contribution in [3.63, 3.8) is 0 Å². The van der Waals surface area contributed by atoms with E-state index in [1.807, 2.05) is 0 Å². The summed E-state index contributed by atoms with van der Waals surface area (Å²) in [6.45, 7) is -0.0161. The first-order valence-corrected chi connectivity index (χ1v) is 10.9. The van der Waals surface area contributed by atoms with Gasteiger partial charge in [0.15, 0.2) is 0 Å². The quantitative estimate of drug-likeness (QED) is 0.727. The SMILES string of the molecule is O=C(CN(Cc1ccco1)S(=O)(=O)c1ccccc1F)NCC1CCCCC1. The first-order valence-electron chi connectivity index (χ1n) is 9.50. The molecule has 2 aromatic rings. The number of hydrogen-bond acceptors (Lipinski definition) is 4. The van der Waals surface area contributed by atoms with Crippen molar-refractivity contribution >= 4 is 15.9 Å². The summed E-state index contributed by atoms with van der Waals surface area (Å²) >= 11 is 0. The van der Waals surface area contributed by atoms with Crippen molar-refractivity contribution in [1.82, 2.24) is 9.62 Å². The summed E-state index contributed by atoms with van der Waals surface area (Å²) in [6, 6.07) is 8.39. The molecule has 0 spiro atoms. The lowest BCUT2D eigenvalue weighted by atomic mass is 9.89. The Morgan fingerprint density at radius 3 is 2.57 bits per heavy atom. The number of sulfonamides is 1. The molecule has 0 radical (unpaired) electrons. The molecule has 1 fully saturated rings. The molecular weight excluding hydrogens is 383 g/mol. The maximum Gasteiger partial charge on any atom is 0.246 e. The lowest BCUT2D eigenvalue weighted by Gasteiger charge is -2.24. The fourth-order valence-electron chi connectivity index (χ4n) is 3.46. The minimum atomic E-state index is -4.21. The number of carbonyl (C=O) groups excluding carboxylic acids is 1. The number of carbonyl (C=O) groups is 1. The molecule has 0 atom stereocenters. The molecule has 1 aromatic carbocycles. The average Bonchev–Trinajstić information content (AvgIpc) is 3.20. The van der Waals surface area contributed by atoms with Gasteiger partial charge in [0.25, 0.3) is 0 Å². The van der Waals surface area contributed by atoms with Gasteiger partial charge in [-0.3, -0.25) is 4.79 Å². The van der Waals surface area contributed by atoms with Gasteiger partial charge in [0.2, 0.25) is 15.9 Å². The average molecular weight is 408 g/mol. The highest BCUT2D eigenvalue weighted by Crippen LogP contribution is 2.23. The Morgan fingerprint density at radius 1 is 1.14 bits per heavy atom. The van der Waals surface area contributed by atoms with Crippen molar-refractivity contribution < 1.29 is 22.0 Å². The van der Waals surface area contributed by atoms with E-state index in [0.717, 1.165) is 36.1 Å². The van der Waals surface area contributed by atoms with Crippen molar-refractivity contribution in [2.24, 2.45) is 5.92 Å². The molecular formula is C20H25FN2O4S. The zero-order valence-corrected chi connectivity index (χ0v) is 16.5. The first kappa shape index (κ1) is 20.5. The topological polar surface area (TPSA) is 79.6 Å². The second kappa shape index (κ2) is 9.34. The van der Waals surface area contributed by atoms with Gasteiger partial charge in [0.05, 0.1) is 19.4 Å². The molecule has 0 aliphatic heterocycles. The number of halogens is 1. The van der Waals surface area contributed by atoms with E-state index in [4.69, 9.17) is 4.42 Å². The van der Waals surface area contributed by atoms with Crippen molar-refractivity contribution in [3.8, 4) is 0 Å². The van der Waals surface area contributed by atoms with Crippen LogP contribution in [-0.4, -0.2) is 31.7 Å². The molecule has 0 bridgehead atoms. The number of nitrogens with zero attached hydrogens (tertiary/aromatic N) is 1. The molecule has 0 unspecified atom stereocenters. The van der Waals surface area contributed by atoms with Gasteiger partial charge < -0.3 is 9.73 Å². The third-order valence-corrected chi connectivity index (χ3v) is 6.82. The minimum absolute atomic E-state index is 0.152. The summed E-state index contributed by atoms with van der Waals surface area (Å²) in [5, 5.41) is 2.83. The van der Waals surface area contributed by atoms with Crippen LogP contribution < -0.4 is 5.32 Å². The Kier molecular flexibility index (Phi) is 6.85. The van der Waals surface area contributed by atoms with E-state index in [9.17, 15) is 17.6 Å². The van der Waals surface area contributed by atoms with Gasteiger partial charge in [0, 0.05) is 6.54 Å². The molecule has 1 saturated carbocycles. The van der Waals surface area contributed by atoms with Crippen LogP contribution >= 0.6 is 0 Å². The lowest BCUT2D eigenvalue weighted by molar-refractivity contribution is -0.121. The van der Waals surface area contributed by atoms with Crippen molar-refractivity contribution in [2.75, 3.05) is 13.1 Å². The van der Waals surface area contributed by atoms with Crippen LogP contribution in [0.5, 0.6) is 0 Å². The van der Waals surface area contributed by atoms with Gasteiger partial charge in [-0.1, -0.05) is 31.4 Å². The Bertz CT molecular complexity index is 877. The molecule has 152 valence electrons. The molecule has 8 heteroatoms. The number of nitrogens with one attached hydrogen (secondary N) is 1. The summed E-state index contributed by atoms with van der Waals surface area (Å²) < 4.78 is 46.3. The van der Waals surface area contributed by atoms with Crippen LogP contribution in [0.3, 0.4) is 0 Å². The van der Waals surface area contributed by atoms with E-state index in [0.29, 0.717) is 18.2 Å². The molecule has 1 aromatic heterocycles. The fourth-order valence-corrected chi connectivity index (χ4v) is 4.89. The third kappa shape index (κ3) is 5.20. The molecule has 1 amide bonds. The Labute approximate surface area is 164 Å². The number of furan rings is 1. The van der Waals surface area contributed by atoms with Gasteiger partial charge in [-0.05, 0) is 43.0 Å². The number of benzene rings is 1. The van der Waals surface area contributed by atoms with Crippen molar-refractivity contribution in [3.05, 3.63) is 54.2 Å². The largest absolute Gasteiger partial charge is 0.468 e. The van der Waals surface area contributed by atoms with Crippen LogP contribution in [0.4, 0.5) is 4.39 Å². The summed E-state index contributed by atoms with van der Waals surface area (Å²) in [7, 11) is -4.21. The number of hydrogen-bond donors (Lipinski definition) is 1. The lowest BCUT2D eigenvalue weighted by Crippen LogP contribution is -2.42.